The highest BCUT2D eigenvalue weighted by Gasteiger charge is 2.24. The molecule has 1 aliphatic heterocycles. The Balaban J connectivity index is 1.61. The quantitative estimate of drug-likeness (QED) is 0.821. The summed E-state index contributed by atoms with van der Waals surface area (Å²) in [6.07, 6.45) is 1.90. The van der Waals surface area contributed by atoms with E-state index in [1.54, 1.807) is 12.1 Å². The molecule has 1 atom stereocenters. The van der Waals surface area contributed by atoms with Crippen molar-refractivity contribution in [3.8, 4) is 11.6 Å². The van der Waals surface area contributed by atoms with E-state index in [0.29, 0.717) is 12.0 Å². The zero-order valence-electron chi connectivity index (χ0n) is 16.0. The fraction of sp³-hybridized carbons (Fsp3) is 0.400. The van der Waals surface area contributed by atoms with E-state index in [9.17, 15) is 13.6 Å². The van der Waals surface area contributed by atoms with Gasteiger partial charge >= 0.3 is 0 Å². The van der Waals surface area contributed by atoms with Crippen LogP contribution in [0.15, 0.2) is 36.5 Å². The average Bonchev–Trinajstić information content (AvgIpc) is 2.66. The van der Waals surface area contributed by atoms with Crippen LogP contribution in [0, 0.1) is 11.6 Å². The van der Waals surface area contributed by atoms with Gasteiger partial charge in [0.05, 0.1) is 0 Å². The van der Waals surface area contributed by atoms with Crippen molar-refractivity contribution >= 4 is 5.91 Å². The summed E-state index contributed by atoms with van der Waals surface area (Å²) in [7, 11) is 4.07. The maximum Gasteiger partial charge on any atom is 0.224 e. The van der Waals surface area contributed by atoms with E-state index in [-0.39, 0.29) is 30.1 Å². The number of rotatable bonds is 6. The first-order chi connectivity index (χ1) is 13.4. The lowest BCUT2D eigenvalue weighted by Gasteiger charge is -2.37. The van der Waals surface area contributed by atoms with Crippen molar-refractivity contribution < 1.29 is 18.3 Å². The van der Waals surface area contributed by atoms with Crippen molar-refractivity contribution in [1.29, 1.82) is 0 Å². The SMILES string of the molecule is CN1CCN(C)C(CC(=O)NCc2cccnc2Oc2ccc(F)cc2F)C1. The molecule has 2 heterocycles. The van der Waals surface area contributed by atoms with Gasteiger partial charge in [-0.15, -0.1) is 0 Å². The summed E-state index contributed by atoms with van der Waals surface area (Å²) >= 11 is 0. The lowest BCUT2D eigenvalue weighted by molar-refractivity contribution is -0.122. The van der Waals surface area contributed by atoms with E-state index in [1.807, 2.05) is 14.1 Å². The molecule has 1 aromatic heterocycles. The van der Waals surface area contributed by atoms with Gasteiger partial charge in [0.15, 0.2) is 11.6 Å². The van der Waals surface area contributed by atoms with Crippen LogP contribution in [0.2, 0.25) is 0 Å². The second-order valence-corrected chi connectivity index (χ2v) is 7.02. The Morgan fingerprint density at radius 3 is 2.89 bits per heavy atom. The van der Waals surface area contributed by atoms with E-state index in [4.69, 9.17) is 4.74 Å². The molecular formula is C20H24F2N4O2. The predicted octanol–water partition coefficient (Wildman–Crippen LogP) is 2.40. The number of nitrogens with one attached hydrogen (secondary N) is 1. The van der Waals surface area contributed by atoms with Crippen LogP contribution in [0.4, 0.5) is 8.78 Å². The van der Waals surface area contributed by atoms with Crippen LogP contribution in [0.25, 0.3) is 0 Å². The van der Waals surface area contributed by atoms with Gasteiger partial charge in [-0.2, -0.15) is 0 Å². The molecule has 0 bridgehead atoms. The number of ether oxygens (including phenoxy) is 1. The second kappa shape index (κ2) is 9.07. The molecule has 28 heavy (non-hydrogen) atoms. The van der Waals surface area contributed by atoms with Crippen molar-refractivity contribution in [3.05, 3.63) is 53.7 Å². The largest absolute Gasteiger partial charge is 0.436 e. The molecule has 1 fully saturated rings. The highest BCUT2D eigenvalue weighted by atomic mass is 19.1. The van der Waals surface area contributed by atoms with Gasteiger partial charge in [-0.3, -0.25) is 4.79 Å². The maximum absolute atomic E-state index is 13.8. The van der Waals surface area contributed by atoms with Crippen molar-refractivity contribution in [2.24, 2.45) is 0 Å². The Hall–Kier alpha value is -2.58. The summed E-state index contributed by atoms with van der Waals surface area (Å²) in [5.41, 5.74) is 0.605. The number of benzene rings is 1. The van der Waals surface area contributed by atoms with Crippen LogP contribution < -0.4 is 10.1 Å². The minimum Gasteiger partial charge on any atom is -0.436 e. The van der Waals surface area contributed by atoms with E-state index < -0.39 is 11.6 Å². The normalized spacial score (nSPS) is 18.1. The molecule has 0 radical (unpaired) electrons. The number of carbonyl (C=O) groups excluding carboxylic acids is 1. The molecule has 2 aromatic rings. The number of nitrogens with zero attached hydrogens (tertiary/aromatic N) is 3. The number of hydrogen-bond donors (Lipinski definition) is 1. The average molecular weight is 390 g/mol. The Morgan fingerprint density at radius 1 is 1.29 bits per heavy atom. The molecule has 1 N–H and O–H groups in total. The van der Waals surface area contributed by atoms with Crippen molar-refractivity contribution in [1.82, 2.24) is 20.1 Å². The fourth-order valence-electron chi connectivity index (χ4n) is 3.11. The number of aromatic nitrogens is 1. The number of hydrogen-bond acceptors (Lipinski definition) is 5. The van der Waals surface area contributed by atoms with Gasteiger partial charge in [-0.25, -0.2) is 13.8 Å². The van der Waals surface area contributed by atoms with Crippen LogP contribution in [-0.2, 0) is 11.3 Å². The molecule has 1 saturated heterocycles. The number of amides is 1. The highest BCUT2D eigenvalue weighted by molar-refractivity contribution is 5.76. The van der Waals surface area contributed by atoms with E-state index in [1.165, 1.54) is 12.3 Å². The molecular weight excluding hydrogens is 366 g/mol. The number of carbonyl (C=O) groups is 1. The van der Waals surface area contributed by atoms with Gasteiger partial charge < -0.3 is 19.9 Å². The minimum atomic E-state index is -0.815. The third-order valence-corrected chi connectivity index (χ3v) is 4.83. The lowest BCUT2D eigenvalue weighted by atomic mass is 10.1. The minimum absolute atomic E-state index is 0.0742. The van der Waals surface area contributed by atoms with Gasteiger partial charge in [0, 0.05) is 56.5 Å². The Bertz CT molecular complexity index is 834. The van der Waals surface area contributed by atoms with Gasteiger partial charge in [-0.05, 0) is 32.3 Å². The van der Waals surface area contributed by atoms with Gasteiger partial charge in [0.1, 0.15) is 5.82 Å². The zero-order valence-corrected chi connectivity index (χ0v) is 16.0. The first-order valence-electron chi connectivity index (χ1n) is 9.14. The molecule has 1 aromatic carbocycles. The molecule has 1 amide bonds. The van der Waals surface area contributed by atoms with E-state index in [0.717, 1.165) is 31.8 Å². The Kier molecular flexibility index (Phi) is 6.53. The van der Waals surface area contributed by atoms with E-state index in [2.05, 4.69) is 20.1 Å². The molecule has 8 heteroatoms. The lowest BCUT2D eigenvalue weighted by Crippen LogP contribution is -2.51. The number of halogens is 2. The standard InChI is InChI=1S/C20H24F2N4O2/c1-25-8-9-26(2)16(13-25)11-19(27)24-12-14-4-3-7-23-20(14)28-18-6-5-15(21)10-17(18)22/h3-7,10,16H,8-9,11-13H2,1-2H3,(H,24,27). The van der Waals surface area contributed by atoms with Crippen molar-refractivity contribution in [3.63, 3.8) is 0 Å². The predicted molar refractivity (Wildman–Crippen MR) is 101 cm³/mol. The molecule has 1 unspecified atom stereocenters. The van der Waals surface area contributed by atoms with Gasteiger partial charge in [-0.1, -0.05) is 6.07 Å². The number of piperazine rings is 1. The van der Waals surface area contributed by atoms with Crippen LogP contribution in [0.1, 0.15) is 12.0 Å². The molecule has 150 valence electrons. The molecule has 3 rings (SSSR count). The van der Waals surface area contributed by atoms with Crippen LogP contribution in [-0.4, -0.2) is 60.5 Å². The van der Waals surface area contributed by atoms with E-state index >= 15 is 0 Å². The summed E-state index contributed by atoms with van der Waals surface area (Å²) in [4.78, 5) is 20.9. The third-order valence-electron chi connectivity index (χ3n) is 4.83. The fourth-order valence-corrected chi connectivity index (χ4v) is 3.11. The molecule has 6 nitrogen and oxygen atoms in total. The summed E-state index contributed by atoms with van der Waals surface area (Å²) in [6, 6.07) is 6.68. The summed E-state index contributed by atoms with van der Waals surface area (Å²) in [6.45, 7) is 2.97. The Morgan fingerprint density at radius 2 is 2.11 bits per heavy atom. The van der Waals surface area contributed by atoms with Crippen molar-refractivity contribution in [2.45, 2.75) is 19.0 Å². The smallest absolute Gasteiger partial charge is 0.224 e. The molecule has 0 saturated carbocycles. The zero-order chi connectivity index (χ0) is 20.1. The van der Waals surface area contributed by atoms with Crippen molar-refractivity contribution in [2.75, 3.05) is 33.7 Å². The second-order valence-electron chi connectivity index (χ2n) is 7.02. The van der Waals surface area contributed by atoms with Gasteiger partial charge in [0.25, 0.3) is 0 Å². The molecule has 0 spiro atoms. The number of likely N-dealkylation sites (N-methyl/N-ethyl adjacent to an activating group) is 2. The van der Waals surface area contributed by atoms with Gasteiger partial charge in [0.2, 0.25) is 11.8 Å². The van der Waals surface area contributed by atoms with Crippen LogP contribution in [0.5, 0.6) is 11.6 Å². The van der Waals surface area contributed by atoms with Crippen LogP contribution in [0.3, 0.4) is 0 Å². The Labute approximate surface area is 163 Å². The maximum atomic E-state index is 13.8. The monoisotopic (exact) mass is 390 g/mol. The molecule has 0 aliphatic carbocycles. The van der Waals surface area contributed by atoms with Crippen LogP contribution >= 0.6 is 0 Å². The first kappa shape index (κ1) is 20.2. The number of pyridine rings is 1. The molecule has 1 aliphatic rings. The third kappa shape index (κ3) is 5.24. The summed E-state index contributed by atoms with van der Waals surface area (Å²) in [5, 5.41) is 2.87. The highest BCUT2D eigenvalue weighted by Crippen LogP contribution is 2.26. The topological polar surface area (TPSA) is 57.7 Å². The summed E-state index contributed by atoms with van der Waals surface area (Å²) < 4.78 is 32.4. The summed E-state index contributed by atoms with van der Waals surface area (Å²) in [5.74, 6) is -1.53. The first-order valence-corrected chi connectivity index (χ1v) is 9.14.